The Morgan fingerprint density at radius 1 is 1.44 bits per heavy atom. The van der Waals surface area contributed by atoms with Gasteiger partial charge in [-0.2, -0.15) is 0 Å². The molecule has 0 spiro atoms. The summed E-state index contributed by atoms with van der Waals surface area (Å²) in [5.74, 6) is 0.604. The van der Waals surface area contributed by atoms with Crippen molar-refractivity contribution < 1.29 is 9.53 Å². The number of carbonyl (C=O) groups excluding carboxylic acids is 1. The molecule has 0 aromatic heterocycles. The second-order valence-electron chi connectivity index (χ2n) is 5.49. The SMILES string of the molecule is CCC1CN(CCNCCOC2(C(N)=O)CC2)C1. The van der Waals surface area contributed by atoms with Crippen LogP contribution in [0.2, 0.25) is 0 Å². The Morgan fingerprint density at radius 2 is 2.17 bits per heavy atom. The largest absolute Gasteiger partial charge is 0.367 e. The summed E-state index contributed by atoms with van der Waals surface area (Å²) < 4.78 is 5.53. The van der Waals surface area contributed by atoms with Crippen LogP contribution in [0.3, 0.4) is 0 Å². The van der Waals surface area contributed by atoms with E-state index in [1.54, 1.807) is 0 Å². The first-order chi connectivity index (χ1) is 8.66. The molecule has 0 aromatic rings. The van der Waals surface area contributed by atoms with Crippen LogP contribution in [0.25, 0.3) is 0 Å². The molecule has 0 aromatic carbocycles. The predicted octanol–water partition coefficient (Wildman–Crippen LogP) is -0.0477. The number of nitrogens with one attached hydrogen (secondary N) is 1. The third-order valence-electron chi connectivity index (χ3n) is 4.03. The summed E-state index contributed by atoms with van der Waals surface area (Å²) >= 11 is 0. The highest BCUT2D eigenvalue weighted by atomic mass is 16.5. The Bertz CT molecular complexity index is 286. The van der Waals surface area contributed by atoms with Gasteiger partial charge in [0.1, 0.15) is 5.60 Å². The maximum absolute atomic E-state index is 11.1. The number of nitrogens with zero attached hydrogens (tertiary/aromatic N) is 1. The standard InChI is InChI=1S/C13H25N3O2/c1-2-11-9-16(10-11)7-5-15-6-8-18-13(3-4-13)12(14)17/h11,15H,2-10H2,1H3,(H2,14,17). The predicted molar refractivity (Wildman–Crippen MR) is 70.2 cm³/mol. The maximum atomic E-state index is 11.1. The second-order valence-corrected chi connectivity index (χ2v) is 5.49. The normalized spacial score (nSPS) is 22.7. The van der Waals surface area contributed by atoms with E-state index >= 15 is 0 Å². The summed E-state index contributed by atoms with van der Waals surface area (Å²) in [5, 5.41) is 3.34. The zero-order chi connectivity index (χ0) is 13.0. The Labute approximate surface area is 109 Å². The van der Waals surface area contributed by atoms with Gasteiger partial charge in [-0.3, -0.25) is 4.79 Å². The molecule has 1 aliphatic carbocycles. The van der Waals surface area contributed by atoms with Gasteiger partial charge in [-0.25, -0.2) is 0 Å². The van der Waals surface area contributed by atoms with Gasteiger partial charge in [0.15, 0.2) is 0 Å². The van der Waals surface area contributed by atoms with Gasteiger partial charge in [0.05, 0.1) is 6.61 Å². The summed E-state index contributed by atoms with van der Waals surface area (Å²) in [5.41, 5.74) is 4.66. The summed E-state index contributed by atoms with van der Waals surface area (Å²) in [4.78, 5) is 13.5. The fourth-order valence-corrected chi connectivity index (χ4v) is 2.37. The van der Waals surface area contributed by atoms with Crippen molar-refractivity contribution in [2.24, 2.45) is 11.7 Å². The van der Waals surface area contributed by atoms with E-state index in [9.17, 15) is 4.79 Å². The van der Waals surface area contributed by atoms with Gasteiger partial charge >= 0.3 is 0 Å². The number of hydrogen-bond acceptors (Lipinski definition) is 4. The summed E-state index contributed by atoms with van der Waals surface area (Å²) in [6.45, 7) is 8.21. The van der Waals surface area contributed by atoms with Gasteiger partial charge in [-0.05, 0) is 18.8 Å². The number of primary amides is 1. The molecule has 2 aliphatic rings. The van der Waals surface area contributed by atoms with Crippen LogP contribution in [-0.2, 0) is 9.53 Å². The van der Waals surface area contributed by atoms with Crippen molar-refractivity contribution in [1.29, 1.82) is 0 Å². The first-order valence-corrected chi connectivity index (χ1v) is 7.03. The molecule has 3 N–H and O–H groups in total. The van der Waals surface area contributed by atoms with Gasteiger partial charge in [-0.1, -0.05) is 13.3 Å². The third kappa shape index (κ3) is 3.43. The van der Waals surface area contributed by atoms with E-state index in [0.717, 1.165) is 38.4 Å². The van der Waals surface area contributed by atoms with Crippen molar-refractivity contribution in [3.8, 4) is 0 Å². The van der Waals surface area contributed by atoms with Gasteiger partial charge in [0.2, 0.25) is 5.91 Å². The lowest BCUT2D eigenvalue weighted by atomic mass is 9.98. The third-order valence-corrected chi connectivity index (χ3v) is 4.03. The molecule has 1 saturated carbocycles. The molecule has 1 aliphatic heterocycles. The summed E-state index contributed by atoms with van der Waals surface area (Å²) in [6.07, 6.45) is 2.87. The smallest absolute Gasteiger partial charge is 0.249 e. The molecule has 0 radical (unpaired) electrons. The Hall–Kier alpha value is -0.650. The number of rotatable bonds is 9. The van der Waals surface area contributed by atoms with E-state index in [0.29, 0.717) is 6.61 Å². The monoisotopic (exact) mass is 255 g/mol. The zero-order valence-electron chi connectivity index (χ0n) is 11.3. The first-order valence-electron chi connectivity index (χ1n) is 7.03. The van der Waals surface area contributed by atoms with Crippen molar-refractivity contribution in [3.05, 3.63) is 0 Å². The van der Waals surface area contributed by atoms with E-state index in [-0.39, 0.29) is 5.91 Å². The molecule has 104 valence electrons. The topological polar surface area (TPSA) is 67.6 Å². The van der Waals surface area contributed by atoms with Crippen molar-refractivity contribution in [3.63, 3.8) is 0 Å². The van der Waals surface area contributed by atoms with Crippen LogP contribution in [0.4, 0.5) is 0 Å². The average molecular weight is 255 g/mol. The minimum atomic E-state index is -0.618. The molecule has 1 amide bonds. The van der Waals surface area contributed by atoms with E-state index in [4.69, 9.17) is 10.5 Å². The van der Waals surface area contributed by atoms with Gasteiger partial charge in [0.25, 0.3) is 0 Å². The van der Waals surface area contributed by atoms with E-state index in [1.807, 2.05) is 0 Å². The molecule has 0 atom stereocenters. The molecular formula is C13H25N3O2. The van der Waals surface area contributed by atoms with Crippen LogP contribution in [0.1, 0.15) is 26.2 Å². The molecular weight excluding hydrogens is 230 g/mol. The number of nitrogens with two attached hydrogens (primary N) is 1. The fourth-order valence-electron chi connectivity index (χ4n) is 2.37. The van der Waals surface area contributed by atoms with Crippen molar-refractivity contribution >= 4 is 5.91 Å². The Kier molecular flexibility index (Phi) is 4.59. The Morgan fingerprint density at radius 3 is 2.72 bits per heavy atom. The van der Waals surface area contributed by atoms with Crippen molar-refractivity contribution in [2.45, 2.75) is 31.8 Å². The maximum Gasteiger partial charge on any atom is 0.249 e. The highest BCUT2D eigenvalue weighted by Crippen LogP contribution is 2.38. The molecule has 0 bridgehead atoms. The number of likely N-dealkylation sites (tertiary alicyclic amines) is 1. The lowest BCUT2D eigenvalue weighted by Gasteiger charge is -2.38. The molecule has 18 heavy (non-hydrogen) atoms. The van der Waals surface area contributed by atoms with E-state index in [1.165, 1.54) is 19.5 Å². The molecule has 1 heterocycles. The molecule has 0 unspecified atom stereocenters. The molecule has 5 heteroatoms. The minimum absolute atomic E-state index is 0.311. The van der Waals surface area contributed by atoms with Gasteiger partial charge in [-0.15, -0.1) is 0 Å². The van der Waals surface area contributed by atoms with Crippen LogP contribution in [-0.4, -0.2) is 55.7 Å². The van der Waals surface area contributed by atoms with Gasteiger partial charge < -0.3 is 20.7 Å². The van der Waals surface area contributed by atoms with E-state index in [2.05, 4.69) is 17.1 Å². The number of amides is 1. The van der Waals surface area contributed by atoms with E-state index < -0.39 is 5.60 Å². The lowest BCUT2D eigenvalue weighted by Crippen LogP contribution is -2.48. The van der Waals surface area contributed by atoms with Crippen molar-refractivity contribution in [1.82, 2.24) is 10.2 Å². The van der Waals surface area contributed by atoms with Crippen molar-refractivity contribution in [2.75, 3.05) is 39.3 Å². The van der Waals surface area contributed by atoms with Crippen LogP contribution in [0, 0.1) is 5.92 Å². The Balaban J connectivity index is 1.42. The molecule has 1 saturated heterocycles. The fraction of sp³-hybridized carbons (Fsp3) is 0.923. The highest BCUT2D eigenvalue weighted by molar-refractivity contribution is 5.86. The lowest BCUT2D eigenvalue weighted by molar-refractivity contribution is -0.132. The quantitative estimate of drug-likeness (QED) is 0.567. The van der Waals surface area contributed by atoms with Gasteiger partial charge in [0, 0.05) is 32.7 Å². The van der Waals surface area contributed by atoms with Crippen LogP contribution >= 0.6 is 0 Å². The second kappa shape index (κ2) is 5.99. The first kappa shape index (κ1) is 13.8. The minimum Gasteiger partial charge on any atom is -0.367 e. The van der Waals surface area contributed by atoms with Crippen LogP contribution in [0.5, 0.6) is 0 Å². The zero-order valence-corrected chi connectivity index (χ0v) is 11.3. The number of ether oxygens (including phenoxy) is 1. The van der Waals surface area contributed by atoms with Crippen LogP contribution < -0.4 is 11.1 Å². The average Bonchev–Trinajstić information content (AvgIpc) is 3.06. The number of carbonyl (C=O) groups is 1. The summed E-state index contributed by atoms with van der Waals surface area (Å²) in [7, 11) is 0. The van der Waals surface area contributed by atoms with Crippen LogP contribution in [0.15, 0.2) is 0 Å². The number of hydrogen-bond donors (Lipinski definition) is 2. The molecule has 5 nitrogen and oxygen atoms in total. The molecule has 2 rings (SSSR count). The molecule has 2 fully saturated rings. The highest BCUT2D eigenvalue weighted by Gasteiger charge is 2.49. The summed E-state index contributed by atoms with van der Waals surface area (Å²) in [6, 6.07) is 0.